The highest BCUT2D eigenvalue weighted by molar-refractivity contribution is 5.95. The first-order valence-corrected chi connectivity index (χ1v) is 5.28. The third-order valence-electron chi connectivity index (χ3n) is 1.84. The summed E-state index contributed by atoms with van der Waals surface area (Å²) in [6, 6.07) is -0.702. The molecule has 0 aliphatic rings. The number of carbonyl (C=O) groups is 3. The maximum Gasteiger partial charge on any atom is 0.321 e. The summed E-state index contributed by atoms with van der Waals surface area (Å²) in [6.07, 6.45) is -0.489. The zero-order valence-corrected chi connectivity index (χ0v) is 10.3. The van der Waals surface area contributed by atoms with Crippen LogP contribution in [-0.4, -0.2) is 54.6 Å². The fourth-order valence-electron chi connectivity index (χ4n) is 1.26. The van der Waals surface area contributed by atoms with Gasteiger partial charge in [0.1, 0.15) is 0 Å². The maximum absolute atomic E-state index is 11.3. The highest BCUT2D eigenvalue weighted by Gasteiger charge is 2.12. The molecule has 7 heteroatoms. The molecule has 0 spiro atoms. The third-order valence-corrected chi connectivity index (χ3v) is 1.84. The predicted octanol–water partition coefficient (Wildman–Crippen LogP) is -0.373. The number of nitrogens with zero attached hydrogens (tertiary/aromatic N) is 1. The van der Waals surface area contributed by atoms with Crippen LogP contribution in [-0.2, 0) is 9.59 Å². The molecule has 98 valence electrons. The van der Waals surface area contributed by atoms with Gasteiger partial charge in [-0.1, -0.05) is 0 Å². The second kappa shape index (κ2) is 7.61. The van der Waals surface area contributed by atoms with Crippen molar-refractivity contribution in [2.75, 3.05) is 20.6 Å². The van der Waals surface area contributed by atoms with Gasteiger partial charge in [0.15, 0.2) is 0 Å². The van der Waals surface area contributed by atoms with Crippen LogP contribution in [0.15, 0.2) is 0 Å². The van der Waals surface area contributed by atoms with Gasteiger partial charge < -0.3 is 15.3 Å². The van der Waals surface area contributed by atoms with Crippen molar-refractivity contribution >= 4 is 17.9 Å². The van der Waals surface area contributed by atoms with Crippen molar-refractivity contribution in [3.8, 4) is 0 Å². The monoisotopic (exact) mass is 245 g/mol. The number of rotatable bonds is 6. The van der Waals surface area contributed by atoms with Gasteiger partial charge in [0.2, 0.25) is 5.91 Å². The Labute approximate surface area is 100 Å². The van der Waals surface area contributed by atoms with Gasteiger partial charge in [-0.2, -0.15) is 0 Å². The Morgan fingerprint density at radius 1 is 1.24 bits per heavy atom. The Hall–Kier alpha value is -1.63. The van der Waals surface area contributed by atoms with E-state index < -0.39 is 17.9 Å². The molecule has 0 fully saturated rings. The van der Waals surface area contributed by atoms with Gasteiger partial charge in [0.05, 0.1) is 6.42 Å². The normalized spacial score (nSPS) is 12.0. The molecule has 0 saturated carbocycles. The number of carboxylic acid groups (broad SMARTS) is 1. The van der Waals surface area contributed by atoms with Gasteiger partial charge in [0.25, 0.3) is 0 Å². The summed E-state index contributed by atoms with van der Waals surface area (Å²) in [6.45, 7) is 2.46. The van der Waals surface area contributed by atoms with Crippen molar-refractivity contribution in [1.82, 2.24) is 15.5 Å². The van der Waals surface area contributed by atoms with Gasteiger partial charge in [-0.25, -0.2) is 4.79 Å². The van der Waals surface area contributed by atoms with Gasteiger partial charge in [-0.05, 0) is 21.0 Å². The average molecular weight is 245 g/mol. The zero-order valence-electron chi connectivity index (χ0n) is 10.3. The first-order valence-electron chi connectivity index (χ1n) is 5.28. The molecule has 0 aromatic heterocycles. The molecule has 0 bridgehead atoms. The number of carbonyl (C=O) groups excluding carboxylic acids is 2. The van der Waals surface area contributed by atoms with Crippen molar-refractivity contribution < 1.29 is 19.5 Å². The Morgan fingerprint density at radius 2 is 1.82 bits per heavy atom. The van der Waals surface area contributed by atoms with E-state index in [0.29, 0.717) is 6.54 Å². The summed E-state index contributed by atoms with van der Waals surface area (Å²) in [7, 11) is 3.74. The van der Waals surface area contributed by atoms with E-state index in [4.69, 9.17) is 5.11 Å². The van der Waals surface area contributed by atoms with E-state index in [-0.39, 0.29) is 18.9 Å². The van der Waals surface area contributed by atoms with Gasteiger partial charge in [0, 0.05) is 19.0 Å². The molecule has 0 radical (unpaired) electrons. The summed E-state index contributed by atoms with van der Waals surface area (Å²) in [5.41, 5.74) is 0. The molecule has 0 saturated heterocycles. The summed E-state index contributed by atoms with van der Waals surface area (Å²) in [4.78, 5) is 34.5. The van der Waals surface area contributed by atoms with Gasteiger partial charge >= 0.3 is 12.0 Å². The topological polar surface area (TPSA) is 98.7 Å². The minimum atomic E-state index is -1.07. The van der Waals surface area contributed by atoms with E-state index in [9.17, 15) is 14.4 Å². The van der Waals surface area contributed by atoms with E-state index in [0.717, 1.165) is 0 Å². The summed E-state index contributed by atoms with van der Waals surface area (Å²) >= 11 is 0. The van der Waals surface area contributed by atoms with E-state index in [2.05, 4.69) is 10.6 Å². The van der Waals surface area contributed by atoms with Crippen molar-refractivity contribution in [1.29, 1.82) is 0 Å². The summed E-state index contributed by atoms with van der Waals surface area (Å²) < 4.78 is 0. The molecule has 0 aliphatic heterocycles. The number of amides is 3. The molecule has 7 nitrogen and oxygen atoms in total. The number of aliphatic carboxylic acids is 1. The standard InChI is InChI=1S/C10H19N3O4/c1-7(6-13(2)3)11-10(17)12-8(14)4-5-9(15)16/h7H,4-6H2,1-3H3,(H,15,16)(H2,11,12,14,17). The molecule has 3 N–H and O–H groups in total. The largest absolute Gasteiger partial charge is 0.481 e. The lowest BCUT2D eigenvalue weighted by Gasteiger charge is -2.18. The highest BCUT2D eigenvalue weighted by Crippen LogP contribution is 1.89. The van der Waals surface area contributed by atoms with Crippen LogP contribution in [0.4, 0.5) is 4.79 Å². The highest BCUT2D eigenvalue weighted by atomic mass is 16.4. The fourth-order valence-corrected chi connectivity index (χ4v) is 1.26. The molecular weight excluding hydrogens is 226 g/mol. The number of hydrogen-bond donors (Lipinski definition) is 3. The average Bonchev–Trinajstić information content (AvgIpc) is 2.12. The van der Waals surface area contributed by atoms with Gasteiger partial charge in [-0.3, -0.25) is 14.9 Å². The smallest absolute Gasteiger partial charge is 0.321 e. The quantitative estimate of drug-likeness (QED) is 0.593. The lowest BCUT2D eigenvalue weighted by Crippen LogP contribution is -2.46. The molecule has 0 rings (SSSR count). The SMILES string of the molecule is CC(CN(C)C)NC(=O)NC(=O)CCC(=O)O. The van der Waals surface area contributed by atoms with Gasteiger partial charge in [-0.15, -0.1) is 0 Å². The summed E-state index contributed by atoms with van der Waals surface area (Å²) in [5.74, 6) is -1.66. The minimum absolute atomic E-state index is 0.0997. The molecule has 0 aromatic carbocycles. The van der Waals surface area contributed by atoms with E-state index in [1.54, 1.807) is 6.92 Å². The van der Waals surface area contributed by atoms with Crippen molar-refractivity contribution in [2.24, 2.45) is 0 Å². The van der Waals surface area contributed by atoms with E-state index in [1.807, 2.05) is 19.0 Å². The van der Waals surface area contributed by atoms with Crippen LogP contribution in [0.3, 0.4) is 0 Å². The third kappa shape index (κ3) is 9.31. The number of carboxylic acids is 1. The maximum atomic E-state index is 11.3. The van der Waals surface area contributed by atoms with Crippen LogP contribution >= 0.6 is 0 Å². The van der Waals surface area contributed by atoms with Crippen LogP contribution in [0.5, 0.6) is 0 Å². The molecule has 1 unspecified atom stereocenters. The zero-order chi connectivity index (χ0) is 13.4. The fraction of sp³-hybridized carbons (Fsp3) is 0.700. The number of likely N-dealkylation sites (N-methyl/N-ethyl adjacent to an activating group) is 1. The molecule has 1 atom stereocenters. The Balaban J connectivity index is 3.85. The van der Waals surface area contributed by atoms with Crippen LogP contribution in [0.1, 0.15) is 19.8 Å². The molecule has 0 aliphatic carbocycles. The molecule has 3 amide bonds. The number of imide groups is 1. The van der Waals surface area contributed by atoms with Crippen LogP contribution in [0.2, 0.25) is 0 Å². The Kier molecular flexibility index (Phi) is 6.88. The molecule has 17 heavy (non-hydrogen) atoms. The molecule has 0 heterocycles. The van der Waals surface area contributed by atoms with E-state index in [1.165, 1.54) is 0 Å². The second-order valence-corrected chi connectivity index (χ2v) is 4.08. The molecule has 0 aromatic rings. The van der Waals surface area contributed by atoms with Crippen molar-refractivity contribution in [2.45, 2.75) is 25.8 Å². The van der Waals surface area contributed by atoms with Crippen molar-refractivity contribution in [3.63, 3.8) is 0 Å². The van der Waals surface area contributed by atoms with Crippen molar-refractivity contribution in [3.05, 3.63) is 0 Å². The first-order chi connectivity index (χ1) is 7.81. The number of hydrogen-bond acceptors (Lipinski definition) is 4. The van der Waals surface area contributed by atoms with Crippen LogP contribution in [0.25, 0.3) is 0 Å². The first kappa shape index (κ1) is 15.4. The lowest BCUT2D eigenvalue weighted by atomic mass is 10.3. The van der Waals surface area contributed by atoms with Crippen LogP contribution in [0, 0.1) is 0 Å². The second-order valence-electron chi connectivity index (χ2n) is 4.08. The van der Waals surface area contributed by atoms with Crippen LogP contribution < -0.4 is 10.6 Å². The Bertz CT molecular complexity index is 291. The van der Waals surface area contributed by atoms with E-state index >= 15 is 0 Å². The number of nitrogens with one attached hydrogen (secondary N) is 2. The minimum Gasteiger partial charge on any atom is -0.481 e. The summed E-state index contributed by atoms with van der Waals surface area (Å²) in [5, 5.41) is 13.0. The predicted molar refractivity (Wildman–Crippen MR) is 61.6 cm³/mol. The number of urea groups is 1. The lowest BCUT2D eigenvalue weighted by molar-refractivity contribution is -0.138. The Morgan fingerprint density at radius 3 is 2.29 bits per heavy atom. The molecular formula is C10H19N3O4.